The maximum atomic E-state index is 3.31. The molecule has 0 amide bonds. The molecule has 0 bridgehead atoms. The molecule has 14 rings (SSSR count). The van der Waals surface area contributed by atoms with Crippen molar-refractivity contribution in [2.45, 2.75) is 157 Å². The van der Waals surface area contributed by atoms with Crippen molar-refractivity contribution < 1.29 is 0 Å². The van der Waals surface area contributed by atoms with Crippen LogP contribution in [0.15, 0.2) is 363 Å². The van der Waals surface area contributed by atoms with E-state index in [0.29, 0.717) is 0 Å². The molecule has 0 unspecified atom stereocenters. The second-order valence-corrected chi connectivity index (χ2v) is 30.2. The molecule has 0 spiro atoms. The van der Waals surface area contributed by atoms with E-state index in [0.717, 1.165) is 4.47 Å². The summed E-state index contributed by atoms with van der Waals surface area (Å²) in [4.78, 5) is 0. The standard InChI is InChI=1S/C32H26I2.C32H28.C22H24.C6H5Br.5C2H6.5B/c1-31(27-11-3-23(4-12-27)25-7-15-29(33)16-8-25)19-21-32(2,22-20-31)28-13-5-24(6-14-28)26-9-17-30(34)18-10-26;1-31(29-17-13-27(14-18-29)25-9-5-3-6-10-25)21-23-32(2,24-22-31)30-19-15-28(16-20-30)26-11-7-4-8-12-26;1-17-5-9-19(10-6-17)21(3)13-15-22(4,16-14-21)20-11-7-18(2)8-12-20;7-6-4-2-1-3-5-6;5*1-2;;;;;/h3-22H,1-2H3;3-24H,1-2H3;5-16H,1-4H3;1-5H;5*1-2H3;;;;;. The van der Waals surface area contributed by atoms with Crippen molar-refractivity contribution in [1.82, 2.24) is 0 Å². The SMILES string of the molecule is Brc1ccccc1.CC.CC.CC.CC.CC.CC1(c2ccc(-c3ccc(I)cc3)cc2)C=CC(C)(c2ccc(-c3ccc(I)cc3)cc2)C=C1.CC1(c2ccc(-c3ccccc3)cc2)C=CC(C)(c2ccc(-c3ccccc3)cc2)C=C1.Cc1ccc(C2(C)C=CC(C)(c3ccc(C)cc3)C=C2)cc1.[B].[B].[B].[B].[B]. The lowest BCUT2D eigenvalue weighted by molar-refractivity contribution is 0.663. The molecule has 0 nitrogen and oxygen atoms in total. The Bertz CT molecular complexity index is 4210. The molecule has 0 saturated carbocycles. The zero-order chi connectivity index (χ0) is 76.7. The van der Waals surface area contributed by atoms with Gasteiger partial charge in [-0.2, -0.15) is 0 Å². The Morgan fingerprint density at radius 3 is 0.482 bits per heavy atom. The lowest BCUT2D eigenvalue weighted by atomic mass is 9.70. The Labute approximate surface area is 712 Å². The number of allylic oxidation sites excluding steroid dienone is 12. The van der Waals surface area contributed by atoms with Gasteiger partial charge in [0.1, 0.15) is 0 Å². The molecule has 0 heterocycles. The second kappa shape index (κ2) is 48.8. The molecule has 11 aromatic carbocycles. The first-order chi connectivity index (χ1) is 50.7. The molecule has 0 N–H and O–H groups in total. The largest absolute Gasteiger partial charge is 0.0733 e. The highest BCUT2D eigenvalue weighted by Gasteiger charge is 2.33. The summed E-state index contributed by atoms with van der Waals surface area (Å²) in [7, 11) is 0. The number of aryl methyl sites for hydroxylation is 2. The predicted octanol–water partition coefficient (Wildman–Crippen LogP) is 29.3. The second-order valence-electron chi connectivity index (χ2n) is 26.8. The van der Waals surface area contributed by atoms with Gasteiger partial charge in [0.05, 0.1) is 0 Å². The minimum Gasteiger partial charge on any atom is -0.0733 e. The Balaban J connectivity index is 0.000000742. The highest BCUT2D eigenvalue weighted by molar-refractivity contribution is 14.1. The predicted molar refractivity (Wildman–Crippen MR) is 514 cm³/mol. The van der Waals surface area contributed by atoms with Gasteiger partial charge >= 0.3 is 0 Å². The van der Waals surface area contributed by atoms with E-state index in [4.69, 9.17) is 0 Å². The number of hydrogen-bond donors (Lipinski definition) is 0. The van der Waals surface area contributed by atoms with Gasteiger partial charge in [0.2, 0.25) is 0 Å². The van der Waals surface area contributed by atoms with Crippen LogP contribution in [0.5, 0.6) is 0 Å². The van der Waals surface area contributed by atoms with E-state index in [2.05, 4.69) is 444 Å². The summed E-state index contributed by atoms with van der Waals surface area (Å²) in [5, 5.41) is 0. The van der Waals surface area contributed by atoms with Crippen LogP contribution in [0, 0.1) is 21.0 Å². The van der Waals surface area contributed by atoms with E-state index in [-0.39, 0.29) is 74.6 Å². The van der Waals surface area contributed by atoms with Gasteiger partial charge in [-0.05, 0) is 215 Å². The van der Waals surface area contributed by atoms with Crippen molar-refractivity contribution in [3.8, 4) is 44.5 Å². The van der Waals surface area contributed by atoms with Crippen LogP contribution in [0.25, 0.3) is 44.5 Å². The summed E-state index contributed by atoms with van der Waals surface area (Å²) in [6.07, 6.45) is 28.3. The van der Waals surface area contributed by atoms with Gasteiger partial charge in [-0.25, -0.2) is 0 Å². The van der Waals surface area contributed by atoms with Crippen molar-refractivity contribution in [3.63, 3.8) is 0 Å². The topological polar surface area (TPSA) is 0 Å². The molecule has 8 heteroatoms. The van der Waals surface area contributed by atoms with Crippen molar-refractivity contribution in [2.75, 3.05) is 0 Å². The zero-order valence-corrected chi connectivity index (χ0v) is 74.5. The van der Waals surface area contributed by atoms with Crippen LogP contribution in [0.4, 0.5) is 0 Å². The quantitative estimate of drug-likeness (QED) is 0.0727. The van der Waals surface area contributed by atoms with Gasteiger partial charge in [0.25, 0.3) is 0 Å². The Morgan fingerprint density at radius 1 is 0.191 bits per heavy atom. The number of hydrogen-bond acceptors (Lipinski definition) is 0. The average molecular weight is 1730 g/mol. The molecular formula is C102H113B5BrI2. The molecule has 0 fully saturated rings. The molecule has 0 aromatic heterocycles. The molecule has 15 radical (unpaired) electrons. The monoisotopic (exact) mass is 1730 g/mol. The van der Waals surface area contributed by atoms with Crippen LogP contribution < -0.4 is 0 Å². The third-order valence-corrected chi connectivity index (χ3v) is 21.3. The van der Waals surface area contributed by atoms with Crippen LogP contribution >= 0.6 is 61.1 Å². The lowest BCUT2D eigenvalue weighted by Crippen LogP contribution is -2.26. The van der Waals surface area contributed by atoms with E-state index in [1.807, 2.05) is 99.6 Å². The average Bonchev–Trinajstić information content (AvgIpc) is 0.783. The zero-order valence-electron chi connectivity index (χ0n) is 68.6. The van der Waals surface area contributed by atoms with Crippen LogP contribution in [-0.2, 0) is 32.5 Å². The van der Waals surface area contributed by atoms with Gasteiger partial charge in [-0.15, -0.1) is 0 Å². The number of rotatable bonds is 10. The molecule has 3 aliphatic carbocycles. The van der Waals surface area contributed by atoms with Crippen LogP contribution in [0.2, 0.25) is 0 Å². The van der Waals surface area contributed by atoms with Gasteiger partial charge in [-0.3, -0.25) is 0 Å². The van der Waals surface area contributed by atoms with E-state index in [1.54, 1.807) is 0 Å². The smallest absolute Gasteiger partial charge is 0.0284 e. The van der Waals surface area contributed by atoms with Gasteiger partial charge in [0.15, 0.2) is 0 Å². The van der Waals surface area contributed by atoms with Crippen molar-refractivity contribution in [2.24, 2.45) is 0 Å². The van der Waals surface area contributed by atoms with Gasteiger partial charge in [0, 0.05) is 86.2 Å². The maximum Gasteiger partial charge on any atom is 0.0284 e. The summed E-state index contributed by atoms with van der Waals surface area (Å²) in [5.74, 6) is 0. The molecule has 0 aliphatic heterocycles. The normalized spacial score (nSPS) is 19.3. The molecule has 557 valence electrons. The fourth-order valence-electron chi connectivity index (χ4n) is 12.4. The minimum atomic E-state index is -0.106. The van der Waals surface area contributed by atoms with E-state index in [1.165, 1.54) is 96.2 Å². The van der Waals surface area contributed by atoms with Gasteiger partial charge in [-0.1, -0.05) is 418 Å². The summed E-state index contributed by atoms with van der Waals surface area (Å²) in [6, 6.07) is 102. The number of benzene rings is 11. The first-order valence-electron chi connectivity index (χ1n) is 37.8. The van der Waals surface area contributed by atoms with Crippen molar-refractivity contribution in [1.29, 1.82) is 0 Å². The third kappa shape index (κ3) is 27.2. The van der Waals surface area contributed by atoms with Gasteiger partial charge < -0.3 is 0 Å². The minimum absolute atomic E-state index is 0. The van der Waals surface area contributed by atoms with Crippen LogP contribution in [0.1, 0.15) is 155 Å². The highest BCUT2D eigenvalue weighted by Crippen LogP contribution is 2.43. The summed E-state index contributed by atoms with van der Waals surface area (Å²) in [5.41, 5.74) is 20.1. The summed E-state index contributed by atoms with van der Waals surface area (Å²) < 4.78 is 3.65. The van der Waals surface area contributed by atoms with Crippen LogP contribution in [-0.4, -0.2) is 42.1 Å². The Morgan fingerprint density at radius 2 is 0.327 bits per heavy atom. The maximum absolute atomic E-state index is 3.31. The Hall–Kier alpha value is -7.88. The van der Waals surface area contributed by atoms with E-state index in [9.17, 15) is 0 Å². The lowest BCUT2D eigenvalue weighted by Gasteiger charge is -2.33. The fourth-order valence-corrected chi connectivity index (χ4v) is 13.5. The highest BCUT2D eigenvalue weighted by atomic mass is 127. The third-order valence-electron chi connectivity index (χ3n) is 19.3. The van der Waals surface area contributed by atoms with Crippen molar-refractivity contribution >= 4 is 103 Å². The summed E-state index contributed by atoms with van der Waals surface area (Å²) in [6.45, 7) is 38.0. The van der Waals surface area contributed by atoms with Crippen LogP contribution in [0.3, 0.4) is 0 Å². The number of halogens is 3. The molecule has 0 saturated heterocycles. The van der Waals surface area contributed by atoms with Crippen molar-refractivity contribution in [3.05, 3.63) is 414 Å². The fraction of sp³-hybridized carbons (Fsp3) is 0.235. The summed E-state index contributed by atoms with van der Waals surface area (Å²) >= 11 is 8.01. The molecule has 0 atom stereocenters. The molecule has 110 heavy (non-hydrogen) atoms. The molecular weight excluding hydrogens is 1610 g/mol. The van der Waals surface area contributed by atoms with E-state index < -0.39 is 0 Å². The van der Waals surface area contributed by atoms with E-state index >= 15 is 0 Å². The molecule has 11 aromatic rings. The Kier molecular flexibility index (Phi) is 44.4. The first kappa shape index (κ1) is 100. The molecule has 3 aliphatic rings. The first-order valence-corrected chi connectivity index (χ1v) is 40.8.